The van der Waals surface area contributed by atoms with E-state index < -0.39 is 0 Å². The lowest BCUT2D eigenvalue weighted by Crippen LogP contribution is -2.07. The van der Waals surface area contributed by atoms with E-state index in [4.69, 9.17) is 16.3 Å². The van der Waals surface area contributed by atoms with E-state index in [-0.39, 0.29) is 0 Å². The lowest BCUT2D eigenvalue weighted by atomic mass is 10.3. The molecule has 0 unspecified atom stereocenters. The molecule has 0 aliphatic rings. The summed E-state index contributed by atoms with van der Waals surface area (Å²) < 4.78 is 5.60. The zero-order valence-corrected chi connectivity index (χ0v) is 10.9. The fourth-order valence-corrected chi connectivity index (χ4v) is 1.81. The molecule has 2 rings (SSSR count). The highest BCUT2D eigenvalue weighted by Crippen LogP contribution is 2.20. The number of benzene rings is 2. The maximum absolute atomic E-state index is 6.04. The van der Waals surface area contributed by atoms with E-state index in [1.807, 2.05) is 54.6 Å². The lowest BCUT2D eigenvalue weighted by molar-refractivity contribution is 0.315. The number of anilines is 1. The molecule has 2 nitrogen and oxygen atoms in total. The van der Waals surface area contributed by atoms with Crippen molar-refractivity contribution >= 4 is 17.3 Å². The molecule has 0 saturated heterocycles. The van der Waals surface area contributed by atoms with Crippen LogP contribution in [0, 0.1) is 0 Å². The molecule has 0 aliphatic carbocycles. The number of hydrogen-bond donors (Lipinski definition) is 1. The van der Waals surface area contributed by atoms with Crippen molar-refractivity contribution in [1.29, 1.82) is 0 Å². The highest BCUT2D eigenvalue weighted by molar-refractivity contribution is 6.33. The minimum absolute atomic E-state index is 0.696. The number of halogens is 1. The second-order valence-electron chi connectivity index (χ2n) is 3.92. The molecule has 18 heavy (non-hydrogen) atoms. The van der Waals surface area contributed by atoms with E-state index in [9.17, 15) is 0 Å². The van der Waals surface area contributed by atoms with Crippen molar-refractivity contribution in [3.8, 4) is 5.75 Å². The minimum Gasteiger partial charge on any atom is -0.494 e. The molecule has 0 heterocycles. The van der Waals surface area contributed by atoms with E-state index in [0.717, 1.165) is 29.4 Å². The van der Waals surface area contributed by atoms with E-state index >= 15 is 0 Å². The molecule has 2 aromatic rings. The van der Waals surface area contributed by atoms with Gasteiger partial charge >= 0.3 is 0 Å². The maximum Gasteiger partial charge on any atom is 0.119 e. The van der Waals surface area contributed by atoms with Crippen LogP contribution in [0.5, 0.6) is 5.75 Å². The number of nitrogens with one attached hydrogen (secondary N) is 1. The van der Waals surface area contributed by atoms with E-state index in [1.54, 1.807) is 0 Å². The molecule has 94 valence electrons. The van der Waals surface area contributed by atoms with Gasteiger partial charge in [0, 0.05) is 6.54 Å². The third-order valence-electron chi connectivity index (χ3n) is 2.52. The molecule has 0 spiro atoms. The van der Waals surface area contributed by atoms with Crippen molar-refractivity contribution in [2.45, 2.75) is 6.42 Å². The summed E-state index contributed by atoms with van der Waals surface area (Å²) in [6.07, 6.45) is 0.931. The monoisotopic (exact) mass is 261 g/mol. The summed E-state index contributed by atoms with van der Waals surface area (Å²) in [4.78, 5) is 0. The summed E-state index contributed by atoms with van der Waals surface area (Å²) in [6.45, 7) is 1.54. The van der Waals surface area contributed by atoms with Crippen LogP contribution in [0.1, 0.15) is 6.42 Å². The molecular formula is C15H16ClNO. The standard InChI is InChI=1S/C15H16ClNO/c16-14-9-4-5-10-15(14)17-11-6-12-18-13-7-2-1-3-8-13/h1-5,7-10,17H,6,11-12H2. The molecule has 0 radical (unpaired) electrons. The van der Waals surface area contributed by atoms with Gasteiger partial charge in [0.2, 0.25) is 0 Å². The van der Waals surface area contributed by atoms with Gasteiger partial charge in [-0.05, 0) is 30.7 Å². The number of rotatable bonds is 6. The fraction of sp³-hybridized carbons (Fsp3) is 0.200. The van der Waals surface area contributed by atoms with Gasteiger partial charge in [0.1, 0.15) is 5.75 Å². The maximum atomic E-state index is 6.04. The Hall–Kier alpha value is -1.67. The van der Waals surface area contributed by atoms with Crippen LogP contribution < -0.4 is 10.1 Å². The Bertz CT molecular complexity index is 473. The minimum atomic E-state index is 0.696. The molecule has 0 amide bonds. The summed E-state index contributed by atoms with van der Waals surface area (Å²) in [5.41, 5.74) is 0.971. The Morgan fingerprint density at radius 3 is 2.44 bits per heavy atom. The van der Waals surface area contributed by atoms with Crippen molar-refractivity contribution in [2.24, 2.45) is 0 Å². The van der Waals surface area contributed by atoms with Crippen LogP contribution in [0.15, 0.2) is 54.6 Å². The van der Waals surface area contributed by atoms with Gasteiger partial charge in [-0.3, -0.25) is 0 Å². The van der Waals surface area contributed by atoms with Gasteiger partial charge in [-0.15, -0.1) is 0 Å². The molecule has 3 heteroatoms. The second-order valence-corrected chi connectivity index (χ2v) is 4.33. The quantitative estimate of drug-likeness (QED) is 0.786. The van der Waals surface area contributed by atoms with Crippen LogP contribution in [0.3, 0.4) is 0 Å². The van der Waals surface area contributed by atoms with Crippen molar-refractivity contribution < 1.29 is 4.74 Å². The van der Waals surface area contributed by atoms with Gasteiger partial charge in [-0.25, -0.2) is 0 Å². The first-order valence-corrected chi connectivity index (χ1v) is 6.40. The fourth-order valence-electron chi connectivity index (χ4n) is 1.61. The van der Waals surface area contributed by atoms with Crippen LogP contribution in [0.2, 0.25) is 5.02 Å². The first kappa shape index (κ1) is 12.8. The van der Waals surface area contributed by atoms with Crippen LogP contribution in [0.25, 0.3) is 0 Å². The Kier molecular flexibility index (Phi) is 4.91. The van der Waals surface area contributed by atoms with Crippen LogP contribution >= 0.6 is 11.6 Å². The highest BCUT2D eigenvalue weighted by atomic mass is 35.5. The van der Waals surface area contributed by atoms with Gasteiger partial charge in [0.25, 0.3) is 0 Å². The third-order valence-corrected chi connectivity index (χ3v) is 2.85. The largest absolute Gasteiger partial charge is 0.494 e. The zero-order valence-electron chi connectivity index (χ0n) is 10.1. The van der Waals surface area contributed by atoms with Crippen molar-refractivity contribution in [2.75, 3.05) is 18.5 Å². The van der Waals surface area contributed by atoms with E-state index in [2.05, 4.69) is 5.32 Å². The van der Waals surface area contributed by atoms with Crippen LogP contribution in [-0.4, -0.2) is 13.2 Å². The summed E-state index contributed by atoms with van der Waals surface area (Å²) in [5.74, 6) is 0.912. The van der Waals surface area contributed by atoms with E-state index in [1.165, 1.54) is 0 Å². The zero-order chi connectivity index (χ0) is 12.6. The third kappa shape index (κ3) is 3.97. The molecule has 2 aromatic carbocycles. The van der Waals surface area contributed by atoms with Crippen LogP contribution in [-0.2, 0) is 0 Å². The molecule has 0 aliphatic heterocycles. The summed E-state index contributed by atoms with van der Waals surface area (Å²) in [6, 6.07) is 17.6. The molecule has 0 fully saturated rings. The lowest BCUT2D eigenvalue weighted by Gasteiger charge is -2.09. The van der Waals surface area contributed by atoms with E-state index in [0.29, 0.717) is 6.61 Å². The highest BCUT2D eigenvalue weighted by Gasteiger charge is 1.97. The number of ether oxygens (including phenoxy) is 1. The van der Waals surface area contributed by atoms with Gasteiger partial charge < -0.3 is 10.1 Å². The summed E-state index contributed by atoms with van der Waals surface area (Å²) in [5, 5.41) is 4.04. The summed E-state index contributed by atoms with van der Waals surface area (Å²) in [7, 11) is 0. The SMILES string of the molecule is Clc1ccccc1NCCCOc1ccccc1. The predicted octanol–water partition coefficient (Wildman–Crippen LogP) is 4.22. The molecule has 0 aromatic heterocycles. The summed E-state index contributed by atoms with van der Waals surface area (Å²) >= 11 is 6.04. The van der Waals surface area contributed by atoms with Crippen LogP contribution in [0.4, 0.5) is 5.69 Å². The molecule has 1 N–H and O–H groups in total. The van der Waals surface area contributed by atoms with Crippen molar-refractivity contribution in [3.05, 3.63) is 59.6 Å². The first-order chi connectivity index (χ1) is 8.86. The van der Waals surface area contributed by atoms with Gasteiger partial charge in [0.05, 0.1) is 17.3 Å². The number of para-hydroxylation sites is 2. The molecule has 0 atom stereocenters. The molecule has 0 bridgehead atoms. The Balaban J connectivity index is 1.66. The molecular weight excluding hydrogens is 246 g/mol. The van der Waals surface area contributed by atoms with Gasteiger partial charge in [0.15, 0.2) is 0 Å². The number of hydrogen-bond acceptors (Lipinski definition) is 2. The Labute approximate surface area is 113 Å². The van der Waals surface area contributed by atoms with Gasteiger partial charge in [-0.1, -0.05) is 41.9 Å². The predicted molar refractivity (Wildman–Crippen MR) is 76.5 cm³/mol. The first-order valence-electron chi connectivity index (χ1n) is 6.02. The Morgan fingerprint density at radius 2 is 1.67 bits per heavy atom. The van der Waals surface area contributed by atoms with Crippen molar-refractivity contribution in [3.63, 3.8) is 0 Å². The average Bonchev–Trinajstić information content (AvgIpc) is 2.42. The average molecular weight is 262 g/mol. The second kappa shape index (κ2) is 6.92. The topological polar surface area (TPSA) is 21.3 Å². The normalized spacial score (nSPS) is 10.1. The van der Waals surface area contributed by atoms with Gasteiger partial charge in [-0.2, -0.15) is 0 Å². The Morgan fingerprint density at radius 1 is 0.944 bits per heavy atom. The smallest absolute Gasteiger partial charge is 0.119 e. The van der Waals surface area contributed by atoms with Crippen molar-refractivity contribution in [1.82, 2.24) is 0 Å². The molecule has 0 saturated carbocycles.